The van der Waals surface area contributed by atoms with Gasteiger partial charge in [0.25, 0.3) is 11.6 Å². The largest absolute Gasteiger partial charge is 0.424 e. The Labute approximate surface area is 138 Å². The molecule has 2 aromatic heterocycles. The van der Waals surface area contributed by atoms with Gasteiger partial charge in [0.05, 0.1) is 11.9 Å². The minimum absolute atomic E-state index is 0.0828. The molecule has 4 rings (SSSR count). The molecule has 1 N–H and O–H groups in total. The van der Waals surface area contributed by atoms with Crippen molar-refractivity contribution in [2.45, 2.75) is 6.42 Å². The molecule has 0 amide bonds. The Balaban J connectivity index is 1.38. The molecule has 24 heavy (non-hydrogen) atoms. The molecule has 7 heteroatoms. The third-order valence-electron chi connectivity index (χ3n) is 4.44. The van der Waals surface area contributed by atoms with E-state index >= 15 is 0 Å². The summed E-state index contributed by atoms with van der Waals surface area (Å²) in [4.78, 5) is 18.3. The highest BCUT2D eigenvalue weighted by Gasteiger charge is 2.23. The molecule has 3 aromatic rings. The molecule has 1 unspecified atom stereocenters. The monoisotopic (exact) mass is 325 g/mol. The van der Waals surface area contributed by atoms with E-state index < -0.39 is 0 Å². The van der Waals surface area contributed by atoms with E-state index in [-0.39, 0.29) is 5.56 Å². The van der Waals surface area contributed by atoms with Crippen molar-refractivity contribution in [1.29, 1.82) is 0 Å². The summed E-state index contributed by atoms with van der Waals surface area (Å²) in [5.41, 5.74) is 2.46. The SMILES string of the molecule is Cn1ncc(N2CCC(CNc3nc4ccccc4o3)C2)cc1=O. The fourth-order valence-corrected chi connectivity index (χ4v) is 3.05. The van der Waals surface area contributed by atoms with Crippen molar-refractivity contribution >= 4 is 22.8 Å². The summed E-state index contributed by atoms with van der Waals surface area (Å²) in [7, 11) is 1.66. The molecule has 0 radical (unpaired) electrons. The summed E-state index contributed by atoms with van der Waals surface area (Å²) in [5, 5.41) is 7.37. The fraction of sp³-hybridized carbons (Fsp3) is 0.353. The maximum Gasteiger partial charge on any atom is 0.295 e. The van der Waals surface area contributed by atoms with Crippen LogP contribution >= 0.6 is 0 Å². The van der Waals surface area contributed by atoms with E-state index in [0.717, 1.165) is 42.8 Å². The minimum atomic E-state index is -0.0828. The van der Waals surface area contributed by atoms with Crippen molar-refractivity contribution in [2.75, 3.05) is 29.9 Å². The number of hydrogen-bond donors (Lipinski definition) is 1. The van der Waals surface area contributed by atoms with Crippen LogP contribution < -0.4 is 15.8 Å². The van der Waals surface area contributed by atoms with Gasteiger partial charge in [0.2, 0.25) is 0 Å². The van der Waals surface area contributed by atoms with E-state index in [1.54, 1.807) is 19.3 Å². The third-order valence-corrected chi connectivity index (χ3v) is 4.44. The molecule has 3 heterocycles. The van der Waals surface area contributed by atoms with Gasteiger partial charge in [0, 0.05) is 32.7 Å². The molecule has 1 aliphatic rings. The first-order valence-electron chi connectivity index (χ1n) is 8.07. The molecular formula is C17H19N5O2. The van der Waals surface area contributed by atoms with Crippen LogP contribution in [0.25, 0.3) is 11.1 Å². The number of hydrogen-bond acceptors (Lipinski definition) is 6. The number of anilines is 2. The molecule has 0 bridgehead atoms. The first-order chi connectivity index (χ1) is 11.7. The van der Waals surface area contributed by atoms with Gasteiger partial charge in [-0.1, -0.05) is 12.1 Å². The molecule has 1 saturated heterocycles. The minimum Gasteiger partial charge on any atom is -0.424 e. The molecule has 7 nitrogen and oxygen atoms in total. The second-order valence-corrected chi connectivity index (χ2v) is 6.14. The van der Waals surface area contributed by atoms with Gasteiger partial charge < -0.3 is 14.6 Å². The molecule has 1 fully saturated rings. The van der Waals surface area contributed by atoms with Crippen LogP contribution in [0.1, 0.15) is 6.42 Å². The molecule has 0 aliphatic carbocycles. The van der Waals surface area contributed by atoms with E-state index in [1.807, 2.05) is 24.3 Å². The van der Waals surface area contributed by atoms with E-state index in [0.29, 0.717) is 11.9 Å². The van der Waals surface area contributed by atoms with E-state index in [1.165, 1.54) is 4.68 Å². The molecular weight excluding hydrogens is 306 g/mol. The first kappa shape index (κ1) is 14.7. The summed E-state index contributed by atoms with van der Waals surface area (Å²) in [6.45, 7) is 2.61. The van der Waals surface area contributed by atoms with Crippen LogP contribution in [0.2, 0.25) is 0 Å². The van der Waals surface area contributed by atoms with Gasteiger partial charge in [-0.05, 0) is 24.5 Å². The number of nitrogens with one attached hydrogen (secondary N) is 1. The molecule has 0 saturated carbocycles. The van der Waals surface area contributed by atoms with Crippen molar-refractivity contribution < 1.29 is 4.42 Å². The molecule has 1 aromatic carbocycles. The number of aryl methyl sites for hydroxylation is 1. The van der Waals surface area contributed by atoms with E-state index in [2.05, 4.69) is 20.3 Å². The predicted octanol–water partition coefficient (Wildman–Crippen LogP) is 1.86. The van der Waals surface area contributed by atoms with Crippen LogP contribution in [0.3, 0.4) is 0 Å². The van der Waals surface area contributed by atoms with Gasteiger partial charge in [0.1, 0.15) is 5.52 Å². The maximum absolute atomic E-state index is 11.7. The van der Waals surface area contributed by atoms with Crippen LogP contribution in [0.4, 0.5) is 11.7 Å². The highest BCUT2D eigenvalue weighted by atomic mass is 16.4. The van der Waals surface area contributed by atoms with Crippen molar-refractivity contribution in [2.24, 2.45) is 13.0 Å². The zero-order chi connectivity index (χ0) is 16.5. The summed E-state index contributed by atoms with van der Waals surface area (Å²) >= 11 is 0. The zero-order valence-corrected chi connectivity index (χ0v) is 13.5. The van der Waals surface area contributed by atoms with Gasteiger partial charge in [-0.15, -0.1) is 0 Å². The van der Waals surface area contributed by atoms with Gasteiger partial charge in [-0.2, -0.15) is 10.1 Å². The van der Waals surface area contributed by atoms with Crippen LogP contribution in [0.15, 0.2) is 45.7 Å². The second-order valence-electron chi connectivity index (χ2n) is 6.14. The number of benzene rings is 1. The zero-order valence-electron chi connectivity index (χ0n) is 13.5. The lowest BCUT2D eigenvalue weighted by Crippen LogP contribution is -2.26. The lowest BCUT2D eigenvalue weighted by Gasteiger charge is -2.18. The lowest BCUT2D eigenvalue weighted by molar-refractivity contribution is 0.577. The van der Waals surface area contributed by atoms with Crippen molar-refractivity contribution in [3.8, 4) is 0 Å². The summed E-state index contributed by atoms with van der Waals surface area (Å²) < 4.78 is 7.02. The van der Waals surface area contributed by atoms with Crippen LogP contribution in [-0.2, 0) is 7.05 Å². The molecule has 0 spiro atoms. The molecule has 1 aliphatic heterocycles. The Morgan fingerprint density at radius 2 is 2.25 bits per heavy atom. The third kappa shape index (κ3) is 2.84. The smallest absolute Gasteiger partial charge is 0.295 e. The Kier molecular flexibility index (Phi) is 3.68. The number of fused-ring (bicyclic) bond motifs is 1. The highest BCUT2D eigenvalue weighted by molar-refractivity contribution is 5.74. The van der Waals surface area contributed by atoms with Crippen LogP contribution in [0, 0.1) is 5.92 Å². The van der Waals surface area contributed by atoms with E-state index in [4.69, 9.17) is 4.42 Å². The topological polar surface area (TPSA) is 76.2 Å². The molecule has 124 valence electrons. The van der Waals surface area contributed by atoms with Gasteiger partial charge in [0.15, 0.2) is 5.58 Å². The Bertz CT molecular complexity index is 883. The Hall–Kier alpha value is -2.83. The summed E-state index contributed by atoms with van der Waals surface area (Å²) in [6.07, 6.45) is 2.81. The quantitative estimate of drug-likeness (QED) is 0.789. The number of aromatic nitrogens is 3. The normalized spacial score (nSPS) is 17.5. The van der Waals surface area contributed by atoms with Crippen molar-refractivity contribution in [3.63, 3.8) is 0 Å². The lowest BCUT2D eigenvalue weighted by atomic mass is 10.1. The number of oxazole rings is 1. The first-order valence-corrected chi connectivity index (χ1v) is 8.07. The second kappa shape index (κ2) is 5.99. The summed E-state index contributed by atoms with van der Waals surface area (Å²) in [6, 6.07) is 9.93. The fourth-order valence-electron chi connectivity index (χ4n) is 3.05. The summed E-state index contributed by atoms with van der Waals surface area (Å²) in [5.74, 6) is 0.476. The van der Waals surface area contributed by atoms with Crippen LogP contribution in [-0.4, -0.2) is 34.4 Å². The van der Waals surface area contributed by atoms with Crippen molar-refractivity contribution in [3.05, 3.63) is 46.9 Å². The number of rotatable bonds is 4. The number of nitrogens with zero attached hydrogens (tertiary/aromatic N) is 4. The van der Waals surface area contributed by atoms with Gasteiger partial charge in [-0.3, -0.25) is 4.79 Å². The molecule has 1 atom stereocenters. The van der Waals surface area contributed by atoms with Crippen LogP contribution in [0.5, 0.6) is 0 Å². The Morgan fingerprint density at radius 3 is 3.08 bits per heavy atom. The Morgan fingerprint density at radius 1 is 1.38 bits per heavy atom. The van der Waals surface area contributed by atoms with Crippen molar-refractivity contribution in [1.82, 2.24) is 14.8 Å². The average Bonchev–Trinajstić information content (AvgIpc) is 3.21. The highest BCUT2D eigenvalue weighted by Crippen LogP contribution is 2.23. The van der Waals surface area contributed by atoms with Gasteiger partial charge in [-0.25, -0.2) is 4.68 Å². The standard InChI is InChI=1S/C17H19N5O2/c1-21-16(23)8-13(10-19-21)22-7-6-12(11-22)9-18-17-20-14-4-2-3-5-15(14)24-17/h2-5,8,10,12H,6-7,9,11H2,1H3,(H,18,20). The van der Waals surface area contributed by atoms with Gasteiger partial charge >= 0.3 is 0 Å². The predicted molar refractivity (Wildman–Crippen MR) is 92.3 cm³/mol. The maximum atomic E-state index is 11.7. The average molecular weight is 325 g/mol. The number of para-hydroxylation sites is 2. The van der Waals surface area contributed by atoms with E-state index in [9.17, 15) is 4.79 Å².